The second kappa shape index (κ2) is 10.1. The van der Waals surface area contributed by atoms with E-state index in [1.807, 2.05) is 78.9 Å². The van der Waals surface area contributed by atoms with Gasteiger partial charge in [0.2, 0.25) is 0 Å². The van der Waals surface area contributed by atoms with Crippen LogP contribution in [-0.2, 0) is 16.0 Å². The van der Waals surface area contributed by atoms with Crippen LogP contribution in [0.25, 0.3) is 0 Å². The van der Waals surface area contributed by atoms with E-state index in [9.17, 15) is 10.1 Å². The predicted molar refractivity (Wildman–Crippen MR) is 126 cm³/mol. The summed E-state index contributed by atoms with van der Waals surface area (Å²) in [5.41, 5.74) is 4.77. The maximum atomic E-state index is 13.3. The molecule has 4 rings (SSSR count). The zero-order valence-electron chi connectivity index (χ0n) is 18.1. The van der Waals surface area contributed by atoms with E-state index < -0.39 is 6.04 Å². The van der Waals surface area contributed by atoms with E-state index in [0.717, 1.165) is 28.8 Å². The summed E-state index contributed by atoms with van der Waals surface area (Å²) in [5.74, 6) is -1.05. The molecule has 3 aromatic carbocycles. The second-order valence-corrected chi connectivity index (χ2v) is 7.91. The number of ether oxygens (including phenoxy) is 1. The number of hydrogen-bond acceptors (Lipinski definition) is 4. The Kier molecular flexibility index (Phi) is 6.77. The Morgan fingerprint density at radius 2 is 1.59 bits per heavy atom. The third-order valence-corrected chi connectivity index (χ3v) is 5.97. The van der Waals surface area contributed by atoms with Gasteiger partial charge in [0.1, 0.15) is 0 Å². The second-order valence-electron chi connectivity index (χ2n) is 7.91. The van der Waals surface area contributed by atoms with Crippen molar-refractivity contribution >= 4 is 11.7 Å². The number of nitriles is 1. The van der Waals surface area contributed by atoms with Gasteiger partial charge in [-0.1, -0.05) is 84.9 Å². The lowest BCUT2D eigenvalue weighted by Crippen LogP contribution is -2.36. The summed E-state index contributed by atoms with van der Waals surface area (Å²) in [7, 11) is 0. The molecule has 0 amide bonds. The Morgan fingerprint density at radius 1 is 1.00 bits per heavy atom. The average molecular weight is 423 g/mol. The largest absolute Gasteiger partial charge is 0.464 e. The summed E-state index contributed by atoms with van der Waals surface area (Å²) < 4.78 is 5.48. The van der Waals surface area contributed by atoms with Gasteiger partial charge in [-0.2, -0.15) is 5.26 Å². The van der Waals surface area contributed by atoms with Crippen LogP contribution in [0.5, 0.6) is 0 Å². The Morgan fingerprint density at radius 3 is 2.19 bits per heavy atom. The summed E-state index contributed by atoms with van der Waals surface area (Å²) in [6.45, 7) is 2.06. The maximum Gasteiger partial charge on any atom is 0.331 e. The van der Waals surface area contributed by atoms with Gasteiger partial charge in [-0.3, -0.25) is 4.99 Å². The number of carbonyl (C=O) groups is 1. The van der Waals surface area contributed by atoms with Crippen LogP contribution in [0.3, 0.4) is 0 Å². The molecule has 32 heavy (non-hydrogen) atoms. The lowest BCUT2D eigenvalue weighted by atomic mass is 9.72. The number of carbonyl (C=O) groups excluding carboxylic acids is 1. The summed E-state index contributed by atoms with van der Waals surface area (Å²) in [5, 5.41) is 9.97. The summed E-state index contributed by atoms with van der Waals surface area (Å²) >= 11 is 0. The summed E-state index contributed by atoms with van der Waals surface area (Å²) in [6, 6.07) is 29.4. The van der Waals surface area contributed by atoms with Crippen LogP contribution in [0.4, 0.5) is 0 Å². The zero-order valence-corrected chi connectivity index (χ0v) is 18.1. The number of nitrogens with zero attached hydrogens (tertiary/aromatic N) is 2. The molecule has 0 saturated heterocycles. The van der Waals surface area contributed by atoms with E-state index in [4.69, 9.17) is 9.73 Å². The van der Waals surface area contributed by atoms with Gasteiger partial charge in [0.25, 0.3) is 0 Å². The van der Waals surface area contributed by atoms with Gasteiger partial charge in [-0.25, -0.2) is 4.79 Å². The van der Waals surface area contributed by atoms with Crippen molar-refractivity contribution in [1.29, 1.82) is 5.26 Å². The van der Waals surface area contributed by atoms with Crippen molar-refractivity contribution in [3.05, 3.63) is 107 Å². The van der Waals surface area contributed by atoms with Crippen LogP contribution in [0.1, 0.15) is 41.5 Å². The van der Waals surface area contributed by atoms with Crippen LogP contribution in [0.15, 0.2) is 89.9 Å². The normalized spacial score (nSPS) is 18.0. The fraction of sp³-hybridized carbons (Fsp3) is 0.250. The Balaban J connectivity index is 1.90. The van der Waals surface area contributed by atoms with Gasteiger partial charge in [0.15, 0.2) is 6.04 Å². The van der Waals surface area contributed by atoms with Crippen LogP contribution in [0, 0.1) is 17.2 Å². The molecular weight excluding hydrogens is 396 g/mol. The molecule has 0 saturated carbocycles. The van der Waals surface area contributed by atoms with Crippen LogP contribution < -0.4 is 0 Å². The first-order chi connectivity index (χ1) is 15.7. The minimum absolute atomic E-state index is 0.266. The SMILES string of the molecule is CCOC(=O)C(N=C(c1ccccc1)c1ccccc1)C1c2ccccc2CCC1C#N. The maximum absolute atomic E-state index is 13.3. The standard InChI is InChI=1S/C28H26N2O2/c1-2-32-28(31)27(25-23(19-29)18-17-20-11-9-10-16-24(20)25)30-26(21-12-5-3-6-13-21)22-14-7-4-8-15-22/h3-16,23,25,27H,2,17-18H2,1H3. The molecule has 3 atom stereocenters. The van der Waals surface area contributed by atoms with E-state index in [1.54, 1.807) is 6.92 Å². The van der Waals surface area contributed by atoms with Crippen molar-refractivity contribution in [3.8, 4) is 6.07 Å². The van der Waals surface area contributed by atoms with E-state index >= 15 is 0 Å². The first-order valence-corrected chi connectivity index (χ1v) is 11.1. The number of rotatable bonds is 6. The first-order valence-electron chi connectivity index (χ1n) is 11.1. The molecule has 1 aliphatic carbocycles. The fourth-order valence-electron chi connectivity index (χ4n) is 4.48. The van der Waals surface area contributed by atoms with Gasteiger partial charge in [-0.15, -0.1) is 0 Å². The third kappa shape index (κ3) is 4.48. The highest BCUT2D eigenvalue weighted by atomic mass is 16.5. The lowest BCUT2D eigenvalue weighted by molar-refractivity contribution is -0.145. The van der Waals surface area contributed by atoms with E-state index in [2.05, 4.69) is 12.1 Å². The zero-order chi connectivity index (χ0) is 22.3. The van der Waals surface area contributed by atoms with Gasteiger partial charge >= 0.3 is 5.97 Å². The number of hydrogen-bond donors (Lipinski definition) is 0. The number of esters is 1. The topological polar surface area (TPSA) is 62.4 Å². The molecule has 0 aromatic heterocycles. The number of benzene rings is 3. The van der Waals surface area contributed by atoms with E-state index in [-0.39, 0.29) is 24.4 Å². The molecule has 0 bridgehead atoms. The molecule has 0 N–H and O–H groups in total. The molecule has 4 nitrogen and oxygen atoms in total. The molecule has 0 heterocycles. The van der Waals surface area contributed by atoms with Crippen molar-refractivity contribution in [1.82, 2.24) is 0 Å². The molecule has 0 fully saturated rings. The third-order valence-electron chi connectivity index (χ3n) is 5.97. The average Bonchev–Trinajstić information content (AvgIpc) is 2.85. The Hall–Kier alpha value is -3.71. The number of aliphatic imine (C=N–C) groups is 1. The summed E-state index contributed by atoms with van der Waals surface area (Å²) in [4.78, 5) is 18.3. The van der Waals surface area contributed by atoms with Gasteiger partial charge in [-0.05, 0) is 30.9 Å². The Labute approximate surface area is 189 Å². The minimum Gasteiger partial charge on any atom is -0.464 e. The molecule has 3 unspecified atom stereocenters. The van der Waals surface area contributed by atoms with E-state index in [0.29, 0.717) is 6.42 Å². The minimum atomic E-state index is -0.809. The van der Waals surface area contributed by atoms with Crippen molar-refractivity contribution in [2.75, 3.05) is 6.61 Å². The Bertz CT molecular complexity index is 1090. The molecule has 3 aromatic rings. The quantitative estimate of drug-likeness (QED) is 0.399. The smallest absolute Gasteiger partial charge is 0.331 e. The molecule has 0 aliphatic heterocycles. The van der Waals surface area contributed by atoms with Crippen LogP contribution in [-0.4, -0.2) is 24.3 Å². The predicted octanol–water partition coefficient (Wildman–Crippen LogP) is 5.33. The molecule has 160 valence electrons. The number of fused-ring (bicyclic) bond motifs is 1. The fourth-order valence-corrected chi connectivity index (χ4v) is 4.48. The molecule has 1 aliphatic rings. The molecule has 0 spiro atoms. The lowest BCUT2D eigenvalue weighted by Gasteiger charge is -2.33. The van der Waals surface area contributed by atoms with Crippen molar-refractivity contribution in [2.24, 2.45) is 10.9 Å². The highest BCUT2D eigenvalue weighted by Gasteiger charge is 2.40. The van der Waals surface area contributed by atoms with Crippen molar-refractivity contribution < 1.29 is 9.53 Å². The van der Waals surface area contributed by atoms with Crippen LogP contribution >= 0.6 is 0 Å². The van der Waals surface area contributed by atoms with Gasteiger partial charge in [0, 0.05) is 17.0 Å². The van der Waals surface area contributed by atoms with Gasteiger partial charge in [0.05, 0.1) is 24.3 Å². The van der Waals surface area contributed by atoms with Crippen molar-refractivity contribution in [3.63, 3.8) is 0 Å². The molecule has 0 radical (unpaired) electrons. The number of aryl methyl sites for hydroxylation is 1. The highest BCUT2D eigenvalue weighted by Crippen LogP contribution is 2.40. The first kappa shape index (κ1) is 21.5. The molecular formula is C28H26N2O2. The van der Waals surface area contributed by atoms with Crippen molar-refractivity contribution in [2.45, 2.75) is 31.7 Å². The van der Waals surface area contributed by atoms with E-state index in [1.165, 1.54) is 5.56 Å². The highest BCUT2D eigenvalue weighted by molar-refractivity contribution is 6.13. The van der Waals surface area contributed by atoms with Gasteiger partial charge < -0.3 is 4.74 Å². The molecule has 4 heteroatoms. The van der Waals surface area contributed by atoms with Crippen LogP contribution in [0.2, 0.25) is 0 Å². The summed E-state index contributed by atoms with van der Waals surface area (Å²) in [6.07, 6.45) is 1.53. The monoisotopic (exact) mass is 422 g/mol.